The molecule has 0 heterocycles. The van der Waals surface area contributed by atoms with Crippen molar-refractivity contribution in [2.45, 2.75) is 19.4 Å². The Labute approximate surface area is 144 Å². The molecular weight excluding hydrogens is 304 g/mol. The van der Waals surface area contributed by atoms with Crippen LogP contribution in [-0.2, 0) is 0 Å². The van der Waals surface area contributed by atoms with Gasteiger partial charge in [0.25, 0.3) is 0 Å². The molecule has 0 amide bonds. The Balaban J connectivity index is 0.000000247. The van der Waals surface area contributed by atoms with Gasteiger partial charge in [-0.25, -0.2) is 0 Å². The van der Waals surface area contributed by atoms with Gasteiger partial charge in [0.05, 0.1) is 6.10 Å². The largest absolute Gasteiger partial charge is 0.508 e. The normalized spacial score (nSPS) is 15.5. The summed E-state index contributed by atoms with van der Waals surface area (Å²) in [5.74, 6) is 0.272. The number of benzene rings is 2. The topological polar surface area (TPSA) is 40.5 Å². The molecule has 0 spiro atoms. The van der Waals surface area contributed by atoms with E-state index in [9.17, 15) is 5.11 Å². The number of thiol groups is 1. The number of aromatic hydroxyl groups is 1. The second-order valence-corrected chi connectivity index (χ2v) is 5.02. The lowest BCUT2D eigenvalue weighted by atomic mass is 9.98. The fraction of sp³-hybridized carbons (Fsp3) is 0.200. The Hall–Kier alpha value is -1.97. The molecule has 0 radical (unpaired) electrons. The van der Waals surface area contributed by atoms with Crippen molar-refractivity contribution in [3.63, 3.8) is 0 Å². The summed E-state index contributed by atoms with van der Waals surface area (Å²) >= 11 is 3.53. The summed E-state index contributed by atoms with van der Waals surface area (Å²) in [4.78, 5) is 0. The first-order valence-corrected chi connectivity index (χ1v) is 8.37. The third-order valence-corrected chi connectivity index (χ3v) is 3.22. The van der Waals surface area contributed by atoms with E-state index in [-0.39, 0.29) is 11.9 Å². The molecule has 2 N–H and O–H groups in total. The highest BCUT2D eigenvalue weighted by atomic mass is 32.1. The average molecular weight is 328 g/mol. The molecule has 2 nitrogen and oxygen atoms in total. The second-order valence-electron chi connectivity index (χ2n) is 5.02. The van der Waals surface area contributed by atoms with Gasteiger partial charge in [0.15, 0.2) is 0 Å². The molecule has 0 bridgehead atoms. The van der Waals surface area contributed by atoms with Crippen LogP contribution < -0.4 is 0 Å². The molecule has 0 fully saturated rings. The van der Waals surface area contributed by atoms with Crippen LogP contribution >= 0.6 is 12.6 Å². The lowest BCUT2D eigenvalue weighted by Gasteiger charge is -2.11. The quantitative estimate of drug-likeness (QED) is 0.668. The number of aliphatic hydroxyl groups excluding tert-OH is 1. The highest BCUT2D eigenvalue weighted by Gasteiger charge is 2.05. The number of aryl methyl sites for hydroxylation is 1. The van der Waals surface area contributed by atoms with Gasteiger partial charge in [-0.3, -0.25) is 0 Å². The van der Waals surface area contributed by atoms with Gasteiger partial charge in [0, 0.05) is 0 Å². The number of phenolic OH excluding ortho intramolecular Hbond substituents is 1. The van der Waals surface area contributed by atoms with Gasteiger partial charge in [0.2, 0.25) is 0 Å². The fourth-order valence-corrected chi connectivity index (χ4v) is 2.01. The van der Waals surface area contributed by atoms with E-state index in [1.54, 1.807) is 24.5 Å². The van der Waals surface area contributed by atoms with Crippen molar-refractivity contribution < 1.29 is 10.2 Å². The maximum atomic E-state index is 9.25. The molecule has 1 aliphatic carbocycles. The summed E-state index contributed by atoms with van der Waals surface area (Å²) in [6.07, 6.45) is 7.68. The molecule has 3 heteroatoms. The smallest absolute Gasteiger partial charge is 0.115 e. The predicted octanol–water partition coefficient (Wildman–Crippen LogP) is 4.64. The van der Waals surface area contributed by atoms with E-state index in [1.807, 2.05) is 42.5 Å². The molecule has 1 aliphatic rings. The zero-order chi connectivity index (χ0) is 17.1. The standard InChI is InChI=1S/C12H12O2.C7H8.CH4S/c13-11-5-1-9(2-6-11)10-3-7-12(14)8-4-10;1-7-5-3-2-4-6-7;1-2/h1-7,12-14H,8H2;2-6H,1H3;2H,1H3. The number of phenols is 1. The molecule has 2 aromatic carbocycles. The highest BCUT2D eigenvalue weighted by molar-refractivity contribution is 7.79. The van der Waals surface area contributed by atoms with Crippen LogP contribution in [0.3, 0.4) is 0 Å². The van der Waals surface area contributed by atoms with Gasteiger partial charge in [-0.15, -0.1) is 0 Å². The summed E-state index contributed by atoms with van der Waals surface area (Å²) in [6, 6.07) is 17.3. The zero-order valence-corrected chi connectivity index (χ0v) is 14.4. The van der Waals surface area contributed by atoms with Crippen molar-refractivity contribution in [2.24, 2.45) is 0 Å². The second kappa shape index (κ2) is 10.7. The lowest BCUT2D eigenvalue weighted by molar-refractivity contribution is 0.226. The van der Waals surface area contributed by atoms with Gasteiger partial charge in [0.1, 0.15) is 5.75 Å². The molecule has 0 aliphatic heterocycles. The monoisotopic (exact) mass is 328 g/mol. The minimum Gasteiger partial charge on any atom is -0.508 e. The van der Waals surface area contributed by atoms with Gasteiger partial charge < -0.3 is 10.2 Å². The average Bonchev–Trinajstić information content (AvgIpc) is 2.60. The first kappa shape index (κ1) is 19.1. The number of rotatable bonds is 1. The third kappa shape index (κ3) is 7.22. The first-order valence-electron chi connectivity index (χ1n) is 7.47. The highest BCUT2D eigenvalue weighted by Crippen LogP contribution is 2.22. The molecular formula is C20H24O2S. The van der Waals surface area contributed by atoms with E-state index in [1.165, 1.54) is 5.56 Å². The zero-order valence-electron chi connectivity index (χ0n) is 13.6. The van der Waals surface area contributed by atoms with Gasteiger partial charge >= 0.3 is 0 Å². The van der Waals surface area contributed by atoms with Crippen molar-refractivity contribution in [1.29, 1.82) is 0 Å². The van der Waals surface area contributed by atoms with E-state index >= 15 is 0 Å². The van der Waals surface area contributed by atoms with Crippen LogP contribution in [0.5, 0.6) is 5.75 Å². The summed E-state index contributed by atoms with van der Waals surface area (Å²) in [6.45, 7) is 2.08. The van der Waals surface area contributed by atoms with Crippen LogP contribution in [0.4, 0.5) is 0 Å². The van der Waals surface area contributed by atoms with Crippen LogP contribution in [0.1, 0.15) is 17.5 Å². The van der Waals surface area contributed by atoms with Crippen molar-refractivity contribution in [3.05, 3.63) is 84.0 Å². The van der Waals surface area contributed by atoms with Gasteiger partial charge in [-0.05, 0) is 42.9 Å². The van der Waals surface area contributed by atoms with Crippen molar-refractivity contribution >= 4 is 18.2 Å². The number of hydrogen-bond donors (Lipinski definition) is 3. The first-order chi connectivity index (χ1) is 11.1. The molecule has 3 rings (SSSR count). The van der Waals surface area contributed by atoms with Crippen LogP contribution in [0, 0.1) is 6.92 Å². The van der Waals surface area contributed by atoms with E-state index in [0.717, 1.165) is 11.1 Å². The van der Waals surface area contributed by atoms with Crippen LogP contribution in [0.2, 0.25) is 0 Å². The third-order valence-electron chi connectivity index (χ3n) is 3.22. The van der Waals surface area contributed by atoms with Crippen LogP contribution in [0.15, 0.2) is 72.8 Å². The molecule has 122 valence electrons. The Bertz CT molecular complexity index is 616. The van der Waals surface area contributed by atoms with Crippen LogP contribution in [0.25, 0.3) is 5.57 Å². The summed E-state index contributed by atoms with van der Waals surface area (Å²) in [5, 5.41) is 18.4. The van der Waals surface area contributed by atoms with E-state index in [0.29, 0.717) is 6.42 Å². The number of aliphatic hydroxyl groups is 1. The molecule has 0 saturated carbocycles. The van der Waals surface area contributed by atoms with E-state index in [4.69, 9.17) is 5.11 Å². The maximum absolute atomic E-state index is 9.25. The predicted molar refractivity (Wildman–Crippen MR) is 102 cm³/mol. The maximum Gasteiger partial charge on any atom is 0.115 e. The van der Waals surface area contributed by atoms with Crippen LogP contribution in [-0.4, -0.2) is 22.6 Å². The molecule has 1 unspecified atom stereocenters. The summed E-state index contributed by atoms with van der Waals surface area (Å²) in [5.41, 5.74) is 3.48. The molecule has 23 heavy (non-hydrogen) atoms. The number of allylic oxidation sites excluding steroid dienone is 2. The van der Waals surface area contributed by atoms with Crippen molar-refractivity contribution in [2.75, 3.05) is 6.26 Å². The summed E-state index contributed by atoms with van der Waals surface area (Å²) in [7, 11) is 0. The number of hydrogen-bond acceptors (Lipinski definition) is 3. The molecule has 0 aromatic heterocycles. The Morgan fingerprint density at radius 3 is 2.00 bits per heavy atom. The Morgan fingerprint density at radius 1 is 0.957 bits per heavy atom. The lowest BCUT2D eigenvalue weighted by Crippen LogP contribution is -2.03. The fourth-order valence-electron chi connectivity index (χ4n) is 2.01. The minimum absolute atomic E-state index is 0.272. The minimum atomic E-state index is -0.351. The Kier molecular flexibility index (Phi) is 8.88. The van der Waals surface area contributed by atoms with E-state index < -0.39 is 0 Å². The molecule has 2 aromatic rings. The molecule has 0 saturated heterocycles. The van der Waals surface area contributed by atoms with E-state index in [2.05, 4.69) is 31.7 Å². The summed E-state index contributed by atoms with van der Waals surface area (Å²) < 4.78 is 0. The van der Waals surface area contributed by atoms with Crippen molar-refractivity contribution in [1.82, 2.24) is 0 Å². The molecule has 1 atom stereocenters. The van der Waals surface area contributed by atoms with Gasteiger partial charge in [-0.1, -0.05) is 66.3 Å². The van der Waals surface area contributed by atoms with Gasteiger partial charge in [-0.2, -0.15) is 12.6 Å². The van der Waals surface area contributed by atoms with Crippen molar-refractivity contribution in [3.8, 4) is 5.75 Å². The Morgan fingerprint density at radius 2 is 1.57 bits per heavy atom. The SMILES string of the molecule is CS.Cc1ccccc1.Oc1ccc(C2=CCC(O)C=C2)cc1.